The zero-order valence-electron chi connectivity index (χ0n) is 16.1. The van der Waals surface area contributed by atoms with Gasteiger partial charge in [-0.2, -0.15) is 0 Å². The molecule has 0 heterocycles. The van der Waals surface area contributed by atoms with Crippen LogP contribution in [-0.4, -0.2) is 19.2 Å². The molecule has 1 atom stereocenters. The molecule has 0 aromatic heterocycles. The normalized spacial score (nSPS) is 11.5. The zero-order chi connectivity index (χ0) is 19.5. The minimum Gasteiger partial charge on any atom is -0.494 e. The number of hydrogen-bond acceptors (Lipinski definition) is 4. The van der Waals surface area contributed by atoms with Crippen LogP contribution in [0.4, 0.5) is 0 Å². The van der Waals surface area contributed by atoms with Crippen molar-refractivity contribution < 1.29 is 19.0 Å². The van der Waals surface area contributed by atoms with E-state index in [1.807, 2.05) is 18.2 Å². The van der Waals surface area contributed by atoms with E-state index in [0.717, 1.165) is 30.8 Å². The Morgan fingerprint density at radius 1 is 1.00 bits per heavy atom. The lowest BCUT2D eigenvalue weighted by molar-refractivity contribution is 0.0734. The lowest BCUT2D eigenvalue weighted by atomic mass is 10.1. The van der Waals surface area contributed by atoms with Crippen LogP contribution in [0.15, 0.2) is 61.2 Å². The third-order valence-electron chi connectivity index (χ3n) is 4.18. The van der Waals surface area contributed by atoms with Gasteiger partial charge in [0.2, 0.25) is 0 Å². The maximum Gasteiger partial charge on any atom is 0.343 e. The standard InChI is InChI=1S/C23H28O4/c1-4-6-7-16-25-20-10-8-19(9-11-20)23(24)27-22-14-12-21(13-15-22)26-17-18(3)5-2/h4,8-15,18H,1,5-7,16-17H2,2-3H3/t18-/m0/s1. The molecule has 0 radical (unpaired) electrons. The quantitative estimate of drug-likeness (QED) is 0.222. The number of carbonyl (C=O) groups is 1. The molecule has 0 spiro atoms. The van der Waals surface area contributed by atoms with Crippen molar-refractivity contribution in [3.63, 3.8) is 0 Å². The van der Waals surface area contributed by atoms with Crippen LogP contribution in [0, 0.1) is 5.92 Å². The van der Waals surface area contributed by atoms with Crippen molar-refractivity contribution in [3.8, 4) is 17.2 Å². The molecular formula is C23H28O4. The Balaban J connectivity index is 1.84. The molecule has 0 saturated carbocycles. The number of allylic oxidation sites excluding steroid dienone is 1. The predicted octanol–water partition coefficient (Wildman–Crippen LogP) is 5.68. The average molecular weight is 368 g/mol. The Labute approximate surface area is 161 Å². The predicted molar refractivity (Wildman–Crippen MR) is 108 cm³/mol. The third-order valence-corrected chi connectivity index (χ3v) is 4.18. The molecular weight excluding hydrogens is 340 g/mol. The van der Waals surface area contributed by atoms with E-state index in [1.54, 1.807) is 36.4 Å². The van der Waals surface area contributed by atoms with Crippen LogP contribution in [0.2, 0.25) is 0 Å². The summed E-state index contributed by atoms with van der Waals surface area (Å²) in [5, 5.41) is 0. The van der Waals surface area contributed by atoms with Gasteiger partial charge in [-0.1, -0.05) is 26.3 Å². The van der Waals surface area contributed by atoms with Crippen molar-refractivity contribution >= 4 is 5.97 Å². The van der Waals surface area contributed by atoms with E-state index in [-0.39, 0.29) is 0 Å². The molecule has 0 N–H and O–H groups in total. The first-order valence-electron chi connectivity index (χ1n) is 9.41. The van der Waals surface area contributed by atoms with Gasteiger partial charge in [-0.25, -0.2) is 4.79 Å². The molecule has 0 aliphatic heterocycles. The Morgan fingerprint density at radius 2 is 1.59 bits per heavy atom. The highest BCUT2D eigenvalue weighted by molar-refractivity contribution is 5.91. The minimum absolute atomic E-state index is 0.401. The summed E-state index contributed by atoms with van der Waals surface area (Å²) < 4.78 is 16.7. The highest BCUT2D eigenvalue weighted by Gasteiger charge is 2.09. The number of ether oxygens (including phenoxy) is 3. The second kappa shape index (κ2) is 11.1. The number of hydrogen-bond donors (Lipinski definition) is 0. The highest BCUT2D eigenvalue weighted by atomic mass is 16.5. The molecule has 0 amide bonds. The topological polar surface area (TPSA) is 44.8 Å². The van der Waals surface area contributed by atoms with Crippen LogP contribution < -0.4 is 14.2 Å². The summed E-state index contributed by atoms with van der Waals surface area (Å²) in [7, 11) is 0. The molecule has 0 saturated heterocycles. The summed E-state index contributed by atoms with van der Waals surface area (Å²) in [6, 6.07) is 14.1. The molecule has 0 unspecified atom stereocenters. The van der Waals surface area contributed by atoms with Crippen molar-refractivity contribution in [3.05, 3.63) is 66.7 Å². The lowest BCUT2D eigenvalue weighted by Crippen LogP contribution is -2.09. The molecule has 2 rings (SSSR count). The molecule has 144 valence electrons. The summed E-state index contributed by atoms with van der Waals surface area (Å²) in [4.78, 5) is 12.3. The van der Waals surface area contributed by atoms with Crippen molar-refractivity contribution in [2.24, 2.45) is 5.92 Å². The van der Waals surface area contributed by atoms with Crippen LogP contribution in [0.1, 0.15) is 43.5 Å². The van der Waals surface area contributed by atoms with Crippen molar-refractivity contribution in [1.82, 2.24) is 0 Å². The molecule has 4 nitrogen and oxygen atoms in total. The van der Waals surface area contributed by atoms with E-state index in [9.17, 15) is 4.79 Å². The SMILES string of the molecule is C=CCCCOc1ccc(C(=O)Oc2ccc(OC[C@@H](C)CC)cc2)cc1. The second-order valence-electron chi connectivity index (χ2n) is 6.49. The van der Waals surface area contributed by atoms with Crippen molar-refractivity contribution in [1.29, 1.82) is 0 Å². The van der Waals surface area contributed by atoms with Gasteiger partial charge >= 0.3 is 5.97 Å². The van der Waals surface area contributed by atoms with Gasteiger partial charge in [0, 0.05) is 0 Å². The second-order valence-corrected chi connectivity index (χ2v) is 6.49. The molecule has 2 aromatic carbocycles. The fourth-order valence-electron chi connectivity index (χ4n) is 2.23. The van der Waals surface area contributed by atoms with E-state index >= 15 is 0 Å². The molecule has 0 aliphatic rings. The van der Waals surface area contributed by atoms with Gasteiger partial charge in [-0.3, -0.25) is 0 Å². The van der Waals surface area contributed by atoms with Crippen LogP contribution in [0.3, 0.4) is 0 Å². The summed E-state index contributed by atoms with van der Waals surface area (Å²) in [5.74, 6) is 2.10. The Kier molecular flexibility index (Phi) is 8.43. The summed E-state index contributed by atoms with van der Waals surface area (Å²) >= 11 is 0. The van der Waals surface area contributed by atoms with E-state index in [1.165, 1.54) is 0 Å². The minimum atomic E-state index is -0.401. The monoisotopic (exact) mass is 368 g/mol. The van der Waals surface area contributed by atoms with Gasteiger partial charge in [-0.05, 0) is 67.3 Å². The molecule has 2 aromatic rings. The first-order valence-corrected chi connectivity index (χ1v) is 9.41. The average Bonchev–Trinajstić information content (AvgIpc) is 2.71. The Morgan fingerprint density at radius 3 is 2.22 bits per heavy atom. The van der Waals surface area contributed by atoms with Gasteiger partial charge in [-0.15, -0.1) is 6.58 Å². The highest BCUT2D eigenvalue weighted by Crippen LogP contribution is 2.20. The molecule has 4 heteroatoms. The van der Waals surface area contributed by atoms with Crippen molar-refractivity contribution in [2.75, 3.05) is 13.2 Å². The van der Waals surface area contributed by atoms with Gasteiger partial charge in [0.15, 0.2) is 0 Å². The first-order chi connectivity index (χ1) is 13.1. The van der Waals surface area contributed by atoms with E-state index in [2.05, 4.69) is 20.4 Å². The number of carbonyl (C=O) groups excluding carboxylic acids is 1. The van der Waals surface area contributed by atoms with Gasteiger partial charge in [0.1, 0.15) is 17.2 Å². The Hall–Kier alpha value is -2.75. The maximum absolute atomic E-state index is 12.3. The van der Waals surface area contributed by atoms with E-state index in [0.29, 0.717) is 30.4 Å². The van der Waals surface area contributed by atoms with Gasteiger partial charge in [0.25, 0.3) is 0 Å². The van der Waals surface area contributed by atoms with Crippen LogP contribution in [0.25, 0.3) is 0 Å². The molecule has 27 heavy (non-hydrogen) atoms. The smallest absolute Gasteiger partial charge is 0.343 e. The van der Waals surface area contributed by atoms with E-state index < -0.39 is 5.97 Å². The fraction of sp³-hybridized carbons (Fsp3) is 0.348. The molecule has 0 aliphatic carbocycles. The number of benzene rings is 2. The summed E-state index contributed by atoms with van der Waals surface area (Å²) in [6.07, 6.45) is 4.79. The number of rotatable bonds is 11. The summed E-state index contributed by atoms with van der Waals surface area (Å²) in [6.45, 7) is 9.27. The fourth-order valence-corrected chi connectivity index (χ4v) is 2.23. The number of unbranched alkanes of at least 4 members (excludes halogenated alkanes) is 1. The van der Waals surface area contributed by atoms with Gasteiger partial charge in [0.05, 0.1) is 18.8 Å². The lowest BCUT2D eigenvalue weighted by Gasteiger charge is -2.11. The summed E-state index contributed by atoms with van der Waals surface area (Å²) in [5.41, 5.74) is 0.477. The first kappa shape index (κ1) is 20.6. The molecule has 0 bridgehead atoms. The van der Waals surface area contributed by atoms with E-state index in [4.69, 9.17) is 14.2 Å². The maximum atomic E-state index is 12.3. The third kappa shape index (κ3) is 7.18. The van der Waals surface area contributed by atoms with Crippen LogP contribution >= 0.6 is 0 Å². The van der Waals surface area contributed by atoms with Gasteiger partial charge < -0.3 is 14.2 Å². The Bertz CT molecular complexity index is 704. The zero-order valence-corrected chi connectivity index (χ0v) is 16.1. The number of esters is 1. The van der Waals surface area contributed by atoms with Crippen LogP contribution in [-0.2, 0) is 0 Å². The van der Waals surface area contributed by atoms with Crippen molar-refractivity contribution in [2.45, 2.75) is 33.1 Å². The van der Waals surface area contributed by atoms with Crippen LogP contribution in [0.5, 0.6) is 17.2 Å². The molecule has 0 fully saturated rings. The largest absolute Gasteiger partial charge is 0.494 e.